The number of hydrogen-bond donors (Lipinski definition) is 3. The van der Waals surface area contributed by atoms with Crippen LogP contribution in [0.4, 0.5) is 0 Å². The number of benzene rings is 2. The fraction of sp³-hybridized carbons (Fsp3) is 0.263. The number of nitriles is 1. The second-order valence-electron chi connectivity index (χ2n) is 5.91. The number of hydrogen-bond acceptors (Lipinski definition) is 7. The Balaban J connectivity index is 1.68. The van der Waals surface area contributed by atoms with Gasteiger partial charge in [-0.1, -0.05) is 0 Å². The lowest BCUT2D eigenvalue weighted by Gasteiger charge is -2.34. The first-order valence-electron chi connectivity index (χ1n) is 7.97. The highest BCUT2D eigenvalue weighted by atomic mass is 16.7. The number of rotatable bonds is 4. The van der Waals surface area contributed by atoms with E-state index < -0.39 is 24.6 Å². The molecule has 1 aliphatic heterocycles. The Hall–Kier alpha value is -2.76. The molecule has 1 heterocycles. The van der Waals surface area contributed by atoms with Crippen molar-refractivity contribution in [2.45, 2.75) is 24.6 Å². The van der Waals surface area contributed by atoms with Crippen molar-refractivity contribution in [1.29, 1.82) is 5.26 Å². The summed E-state index contributed by atoms with van der Waals surface area (Å²) in [5.41, 5.74) is 1.37. The lowest BCUT2D eigenvalue weighted by Crippen LogP contribution is -2.54. The van der Waals surface area contributed by atoms with E-state index in [0.717, 1.165) is 0 Å². The highest BCUT2D eigenvalue weighted by Crippen LogP contribution is 2.22. The van der Waals surface area contributed by atoms with Gasteiger partial charge in [0.05, 0.1) is 18.2 Å². The summed E-state index contributed by atoms with van der Waals surface area (Å²) in [5.74, 6) is 0.141. The summed E-state index contributed by atoms with van der Waals surface area (Å²) < 4.78 is 10.6. The van der Waals surface area contributed by atoms with E-state index in [1.807, 2.05) is 6.07 Å². The van der Waals surface area contributed by atoms with E-state index in [1.54, 1.807) is 48.5 Å². The molecule has 3 rings (SSSR count). The van der Waals surface area contributed by atoms with Crippen molar-refractivity contribution in [3.63, 3.8) is 0 Å². The van der Waals surface area contributed by atoms with Crippen LogP contribution in [0.1, 0.15) is 21.5 Å². The van der Waals surface area contributed by atoms with E-state index in [0.29, 0.717) is 22.4 Å². The maximum Gasteiger partial charge on any atom is 0.228 e. The Morgan fingerprint density at radius 1 is 1.00 bits per heavy atom. The number of carbonyl (C=O) groups is 1. The van der Waals surface area contributed by atoms with Crippen molar-refractivity contribution in [3.05, 3.63) is 65.2 Å². The van der Waals surface area contributed by atoms with E-state index in [-0.39, 0.29) is 12.4 Å². The molecule has 7 heteroatoms. The summed E-state index contributed by atoms with van der Waals surface area (Å²) in [6, 6.07) is 14.5. The number of ketones is 1. The highest BCUT2D eigenvalue weighted by molar-refractivity contribution is 6.09. The zero-order chi connectivity index (χ0) is 18.7. The molecule has 4 atom stereocenters. The van der Waals surface area contributed by atoms with Gasteiger partial charge >= 0.3 is 0 Å². The van der Waals surface area contributed by atoms with Crippen LogP contribution in [0, 0.1) is 11.3 Å². The van der Waals surface area contributed by atoms with Crippen molar-refractivity contribution in [1.82, 2.24) is 0 Å². The first-order chi connectivity index (χ1) is 12.5. The molecule has 0 bridgehead atoms. The van der Waals surface area contributed by atoms with Crippen LogP contribution in [0.15, 0.2) is 48.5 Å². The molecule has 0 aliphatic carbocycles. The number of carbonyl (C=O) groups excluding carboxylic acids is 1. The predicted molar refractivity (Wildman–Crippen MR) is 89.4 cm³/mol. The standard InChI is InChI=1S/C19H17NO6/c20-9-11-1-3-12(4-2-11)16(22)13-5-7-14(8-6-13)26-19-18(24)17(23)15(21)10-25-19/h1-8,15,17-19,21,23-24H,10H2/t15-,17-,18+,19+/m0/s1. The Morgan fingerprint density at radius 3 is 2.15 bits per heavy atom. The monoisotopic (exact) mass is 355 g/mol. The summed E-state index contributed by atoms with van der Waals surface area (Å²) >= 11 is 0. The lowest BCUT2D eigenvalue weighted by molar-refractivity contribution is -0.242. The summed E-state index contributed by atoms with van der Waals surface area (Å²) in [4.78, 5) is 12.4. The van der Waals surface area contributed by atoms with E-state index in [9.17, 15) is 20.1 Å². The average Bonchev–Trinajstić information content (AvgIpc) is 2.68. The Morgan fingerprint density at radius 2 is 1.58 bits per heavy atom. The van der Waals surface area contributed by atoms with Crippen LogP contribution in [0.2, 0.25) is 0 Å². The average molecular weight is 355 g/mol. The minimum Gasteiger partial charge on any atom is -0.462 e. The van der Waals surface area contributed by atoms with Gasteiger partial charge in [0, 0.05) is 11.1 Å². The zero-order valence-corrected chi connectivity index (χ0v) is 13.6. The Bertz CT molecular complexity index is 811. The van der Waals surface area contributed by atoms with Gasteiger partial charge in [-0.15, -0.1) is 0 Å². The highest BCUT2D eigenvalue weighted by Gasteiger charge is 2.38. The summed E-state index contributed by atoms with van der Waals surface area (Å²) in [6.45, 7) is -0.155. The molecule has 0 spiro atoms. The van der Waals surface area contributed by atoms with Gasteiger partial charge in [-0.25, -0.2) is 0 Å². The van der Waals surface area contributed by atoms with Gasteiger partial charge in [0.2, 0.25) is 6.29 Å². The molecule has 3 N–H and O–H groups in total. The van der Waals surface area contributed by atoms with Crippen LogP contribution in [-0.2, 0) is 4.74 Å². The van der Waals surface area contributed by atoms with Gasteiger partial charge in [0.1, 0.15) is 24.1 Å². The first kappa shape index (κ1) is 18.0. The van der Waals surface area contributed by atoms with Crippen molar-refractivity contribution in [2.75, 3.05) is 6.61 Å². The quantitative estimate of drug-likeness (QED) is 0.687. The lowest BCUT2D eigenvalue weighted by atomic mass is 10.0. The van der Waals surface area contributed by atoms with Crippen molar-refractivity contribution >= 4 is 5.78 Å². The maximum absolute atomic E-state index is 12.4. The summed E-state index contributed by atoms with van der Waals surface area (Å²) in [6.07, 6.45) is -5.03. The SMILES string of the molecule is N#Cc1ccc(C(=O)c2ccc(O[C@H]3OC[C@H](O)[C@H](O)[C@H]3O)cc2)cc1. The van der Waals surface area contributed by atoms with E-state index >= 15 is 0 Å². The van der Waals surface area contributed by atoms with Crippen molar-refractivity contribution in [2.24, 2.45) is 0 Å². The fourth-order valence-electron chi connectivity index (χ4n) is 2.56. The number of nitrogens with zero attached hydrogens (tertiary/aromatic N) is 1. The van der Waals surface area contributed by atoms with Crippen LogP contribution < -0.4 is 4.74 Å². The Labute approximate surface area is 149 Å². The second kappa shape index (κ2) is 7.64. The molecule has 134 valence electrons. The van der Waals surface area contributed by atoms with Gasteiger partial charge < -0.3 is 24.8 Å². The predicted octanol–water partition coefficient (Wildman–Crippen LogP) is 0.607. The topological polar surface area (TPSA) is 120 Å². The minimum absolute atomic E-state index is 0.155. The zero-order valence-electron chi connectivity index (χ0n) is 13.6. The second-order valence-corrected chi connectivity index (χ2v) is 5.91. The molecule has 7 nitrogen and oxygen atoms in total. The Kier molecular flexibility index (Phi) is 5.30. The molecule has 1 fully saturated rings. The van der Waals surface area contributed by atoms with Gasteiger partial charge in [-0.05, 0) is 48.5 Å². The largest absolute Gasteiger partial charge is 0.462 e. The van der Waals surface area contributed by atoms with Crippen LogP contribution >= 0.6 is 0 Å². The third-order valence-corrected chi connectivity index (χ3v) is 4.10. The third-order valence-electron chi connectivity index (χ3n) is 4.10. The molecule has 2 aromatic carbocycles. The molecule has 0 amide bonds. The normalized spacial score (nSPS) is 25.3. The molecular weight excluding hydrogens is 338 g/mol. The van der Waals surface area contributed by atoms with E-state index in [4.69, 9.17) is 14.7 Å². The summed E-state index contributed by atoms with van der Waals surface area (Å²) in [7, 11) is 0. The molecule has 2 aromatic rings. The molecule has 0 unspecified atom stereocenters. The molecular formula is C19H17NO6. The molecule has 1 aliphatic rings. The van der Waals surface area contributed by atoms with Crippen molar-refractivity contribution < 1.29 is 29.6 Å². The molecule has 26 heavy (non-hydrogen) atoms. The maximum atomic E-state index is 12.4. The van der Waals surface area contributed by atoms with Crippen LogP contribution in [0.25, 0.3) is 0 Å². The van der Waals surface area contributed by atoms with Gasteiger partial charge in [-0.3, -0.25) is 4.79 Å². The first-order valence-corrected chi connectivity index (χ1v) is 7.97. The minimum atomic E-state index is -1.39. The third kappa shape index (κ3) is 3.74. The molecule has 1 saturated heterocycles. The number of aliphatic hydroxyl groups excluding tert-OH is 3. The van der Waals surface area contributed by atoms with Crippen LogP contribution in [0.3, 0.4) is 0 Å². The molecule has 0 aromatic heterocycles. The number of aliphatic hydroxyl groups is 3. The summed E-state index contributed by atoms with van der Waals surface area (Å²) in [5, 5.41) is 37.7. The smallest absolute Gasteiger partial charge is 0.228 e. The van der Waals surface area contributed by atoms with Gasteiger partial charge in [-0.2, -0.15) is 5.26 Å². The number of ether oxygens (including phenoxy) is 2. The van der Waals surface area contributed by atoms with E-state index in [1.165, 1.54) is 0 Å². The van der Waals surface area contributed by atoms with E-state index in [2.05, 4.69) is 0 Å². The molecule has 0 radical (unpaired) electrons. The van der Waals surface area contributed by atoms with Crippen molar-refractivity contribution in [3.8, 4) is 11.8 Å². The van der Waals surface area contributed by atoms with Gasteiger partial charge in [0.25, 0.3) is 0 Å². The van der Waals surface area contributed by atoms with Gasteiger partial charge in [0.15, 0.2) is 5.78 Å². The fourth-order valence-corrected chi connectivity index (χ4v) is 2.56. The van der Waals surface area contributed by atoms with Crippen LogP contribution in [-0.4, -0.2) is 52.3 Å². The van der Waals surface area contributed by atoms with Crippen LogP contribution in [0.5, 0.6) is 5.75 Å². The molecule has 0 saturated carbocycles.